The lowest BCUT2D eigenvalue weighted by molar-refractivity contribution is -0.110. The van der Waals surface area contributed by atoms with Crippen LogP contribution in [0.1, 0.15) is 11.7 Å². The maximum atomic E-state index is 11.2. The highest BCUT2D eigenvalue weighted by molar-refractivity contribution is 6.31. The Kier molecular flexibility index (Phi) is 5.25. The van der Waals surface area contributed by atoms with Crippen LogP contribution < -0.4 is 11.1 Å². The van der Waals surface area contributed by atoms with Crippen LogP contribution in [-0.2, 0) is 4.79 Å². The average molecular weight is 253 g/mol. The Bertz CT molecular complexity index is 436. The number of para-hydroxylation sites is 1. The highest BCUT2D eigenvalue weighted by atomic mass is 16.4. The molecule has 0 spiro atoms. The summed E-state index contributed by atoms with van der Waals surface area (Å²) in [6.07, 6.45) is -1.66. The van der Waals surface area contributed by atoms with Crippen LogP contribution in [0.5, 0.6) is 0 Å². The van der Waals surface area contributed by atoms with Crippen LogP contribution in [0.2, 0.25) is 0 Å². The van der Waals surface area contributed by atoms with Crippen LogP contribution in [-0.4, -0.2) is 40.2 Å². The molecule has 2 atom stereocenters. The van der Waals surface area contributed by atoms with Crippen molar-refractivity contribution < 1.29 is 20.2 Å². The largest absolute Gasteiger partial charge is 0.411 e. The van der Waals surface area contributed by atoms with Gasteiger partial charge in [-0.25, -0.2) is 0 Å². The normalized spacial score (nSPS) is 14.4. The van der Waals surface area contributed by atoms with Crippen molar-refractivity contribution in [3.05, 3.63) is 29.8 Å². The van der Waals surface area contributed by atoms with Gasteiger partial charge < -0.3 is 26.5 Å². The van der Waals surface area contributed by atoms with Gasteiger partial charge in [0.15, 0.2) is 0 Å². The maximum absolute atomic E-state index is 11.2. The maximum Gasteiger partial charge on any atom is 0.270 e. The summed E-state index contributed by atoms with van der Waals surface area (Å²) in [5, 5.41) is 32.6. The Morgan fingerprint density at radius 1 is 1.44 bits per heavy atom. The van der Waals surface area contributed by atoms with Crippen molar-refractivity contribution in [3.63, 3.8) is 0 Å². The van der Waals surface area contributed by atoms with Crippen LogP contribution in [0.25, 0.3) is 0 Å². The molecule has 1 aromatic rings. The Hall–Kier alpha value is -1.96. The standard InChI is InChI=1S/C11H15N3O4/c12-5-9(15)11(17)7-3-1-2-4-8(7)14-10(16)6-13-18/h1-4,6,9,11,15,17-18H,5,12H2,(H,14,16). The van der Waals surface area contributed by atoms with E-state index in [1.54, 1.807) is 24.3 Å². The third-order valence-corrected chi connectivity index (χ3v) is 2.32. The number of anilines is 1. The number of benzene rings is 1. The van der Waals surface area contributed by atoms with Crippen LogP contribution in [0.4, 0.5) is 5.69 Å². The molecule has 7 nitrogen and oxygen atoms in total. The van der Waals surface area contributed by atoms with E-state index in [9.17, 15) is 15.0 Å². The molecule has 18 heavy (non-hydrogen) atoms. The molecule has 2 unspecified atom stereocenters. The van der Waals surface area contributed by atoms with E-state index < -0.39 is 18.1 Å². The predicted molar refractivity (Wildman–Crippen MR) is 65.4 cm³/mol. The second kappa shape index (κ2) is 6.70. The quantitative estimate of drug-likeness (QED) is 0.273. The van der Waals surface area contributed by atoms with E-state index in [4.69, 9.17) is 10.9 Å². The molecular weight excluding hydrogens is 238 g/mol. The van der Waals surface area contributed by atoms with E-state index in [-0.39, 0.29) is 6.54 Å². The van der Waals surface area contributed by atoms with Gasteiger partial charge in [0.25, 0.3) is 5.91 Å². The van der Waals surface area contributed by atoms with Crippen molar-refractivity contribution in [1.82, 2.24) is 0 Å². The van der Waals surface area contributed by atoms with Crippen molar-refractivity contribution in [2.75, 3.05) is 11.9 Å². The van der Waals surface area contributed by atoms with Gasteiger partial charge in [-0.2, -0.15) is 0 Å². The van der Waals surface area contributed by atoms with E-state index >= 15 is 0 Å². The van der Waals surface area contributed by atoms with Gasteiger partial charge in [0.1, 0.15) is 12.3 Å². The third-order valence-electron chi connectivity index (χ3n) is 2.32. The highest BCUT2D eigenvalue weighted by Gasteiger charge is 2.20. The van der Waals surface area contributed by atoms with E-state index in [1.165, 1.54) is 0 Å². The third kappa shape index (κ3) is 3.52. The lowest BCUT2D eigenvalue weighted by Crippen LogP contribution is -2.28. The van der Waals surface area contributed by atoms with Crippen LogP contribution >= 0.6 is 0 Å². The number of nitrogens with zero attached hydrogens (tertiary/aromatic N) is 1. The number of carbonyl (C=O) groups is 1. The zero-order valence-electron chi connectivity index (χ0n) is 9.52. The molecule has 1 rings (SSSR count). The molecule has 98 valence electrons. The molecule has 0 fully saturated rings. The van der Waals surface area contributed by atoms with E-state index in [2.05, 4.69) is 10.5 Å². The summed E-state index contributed by atoms with van der Waals surface area (Å²) >= 11 is 0. The van der Waals surface area contributed by atoms with Gasteiger partial charge in [-0.3, -0.25) is 4.79 Å². The lowest BCUT2D eigenvalue weighted by atomic mass is 10.0. The first-order chi connectivity index (χ1) is 8.60. The number of rotatable bonds is 5. The van der Waals surface area contributed by atoms with Crippen molar-refractivity contribution in [2.45, 2.75) is 12.2 Å². The van der Waals surface area contributed by atoms with Crippen molar-refractivity contribution in [1.29, 1.82) is 0 Å². The summed E-state index contributed by atoms with van der Waals surface area (Å²) in [5.41, 5.74) is 5.89. The molecule has 1 aromatic carbocycles. The molecule has 6 N–H and O–H groups in total. The topological polar surface area (TPSA) is 128 Å². The average Bonchev–Trinajstić information content (AvgIpc) is 2.38. The Labute approximate surface area is 104 Å². The molecule has 0 saturated heterocycles. The van der Waals surface area contributed by atoms with Crippen molar-refractivity contribution in [3.8, 4) is 0 Å². The van der Waals surface area contributed by atoms with Crippen LogP contribution in [0, 0.1) is 0 Å². The van der Waals surface area contributed by atoms with Crippen molar-refractivity contribution in [2.24, 2.45) is 10.9 Å². The van der Waals surface area contributed by atoms with Gasteiger partial charge in [-0.15, -0.1) is 0 Å². The van der Waals surface area contributed by atoms with Gasteiger partial charge >= 0.3 is 0 Å². The number of nitrogens with two attached hydrogens (primary N) is 1. The molecule has 0 aliphatic heterocycles. The van der Waals surface area contributed by atoms with E-state index in [1.807, 2.05) is 0 Å². The SMILES string of the molecule is NCC(O)C(O)c1ccccc1NC(=O)C=NO. The molecular formula is C11H15N3O4. The molecule has 1 amide bonds. The van der Waals surface area contributed by atoms with E-state index in [0.29, 0.717) is 17.5 Å². The minimum Gasteiger partial charge on any atom is -0.411 e. The summed E-state index contributed by atoms with van der Waals surface area (Å²) < 4.78 is 0. The van der Waals surface area contributed by atoms with E-state index in [0.717, 1.165) is 0 Å². The summed E-state index contributed by atoms with van der Waals surface area (Å²) in [4.78, 5) is 11.2. The molecule has 0 aliphatic carbocycles. The molecule has 0 bridgehead atoms. The first-order valence-corrected chi connectivity index (χ1v) is 5.23. The van der Waals surface area contributed by atoms with Gasteiger partial charge in [0, 0.05) is 17.8 Å². The zero-order chi connectivity index (χ0) is 13.5. The Morgan fingerprint density at radius 2 is 2.11 bits per heavy atom. The highest BCUT2D eigenvalue weighted by Crippen LogP contribution is 2.24. The number of nitrogens with one attached hydrogen (secondary N) is 1. The Balaban J connectivity index is 2.95. The zero-order valence-corrected chi connectivity index (χ0v) is 9.52. The molecule has 0 saturated carbocycles. The second-order valence-electron chi connectivity index (χ2n) is 3.57. The molecule has 0 aliphatic rings. The lowest BCUT2D eigenvalue weighted by Gasteiger charge is -2.19. The summed E-state index contributed by atoms with van der Waals surface area (Å²) in [7, 11) is 0. The number of carbonyl (C=O) groups excluding carboxylic acids is 1. The van der Waals surface area contributed by atoms with Gasteiger partial charge in [-0.1, -0.05) is 23.4 Å². The summed E-state index contributed by atoms with van der Waals surface area (Å²) in [6.45, 7) is -0.110. The number of hydrogen-bond donors (Lipinski definition) is 5. The smallest absolute Gasteiger partial charge is 0.270 e. The number of hydrogen-bond acceptors (Lipinski definition) is 6. The minimum atomic E-state index is -1.21. The van der Waals surface area contributed by atoms with Gasteiger partial charge in [0.05, 0.1) is 6.10 Å². The number of aliphatic hydroxyl groups is 2. The fourth-order valence-corrected chi connectivity index (χ4v) is 1.42. The monoisotopic (exact) mass is 253 g/mol. The van der Waals surface area contributed by atoms with Crippen LogP contribution in [0.15, 0.2) is 29.4 Å². The van der Waals surface area contributed by atoms with Crippen LogP contribution in [0.3, 0.4) is 0 Å². The number of oxime groups is 1. The minimum absolute atomic E-state index is 0.110. The summed E-state index contributed by atoms with van der Waals surface area (Å²) in [5.74, 6) is -0.653. The molecule has 0 heterocycles. The predicted octanol–water partition coefficient (Wildman–Crippen LogP) is -0.562. The molecule has 0 radical (unpaired) electrons. The first-order valence-electron chi connectivity index (χ1n) is 5.23. The first kappa shape index (κ1) is 14.1. The Morgan fingerprint density at radius 3 is 2.72 bits per heavy atom. The second-order valence-corrected chi connectivity index (χ2v) is 3.57. The summed E-state index contributed by atoms with van der Waals surface area (Å²) in [6, 6.07) is 6.40. The van der Waals surface area contributed by atoms with Gasteiger partial charge in [0.2, 0.25) is 0 Å². The van der Waals surface area contributed by atoms with Crippen molar-refractivity contribution >= 4 is 17.8 Å². The fraction of sp³-hybridized carbons (Fsp3) is 0.273. The molecule has 0 aromatic heterocycles. The fourth-order valence-electron chi connectivity index (χ4n) is 1.42. The number of amides is 1. The van der Waals surface area contributed by atoms with Gasteiger partial charge in [-0.05, 0) is 6.07 Å². The molecule has 7 heteroatoms. The number of aliphatic hydroxyl groups excluding tert-OH is 2.